The lowest BCUT2D eigenvalue weighted by Gasteiger charge is -2.10. The van der Waals surface area contributed by atoms with Crippen molar-refractivity contribution < 1.29 is 19.0 Å². The van der Waals surface area contributed by atoms with Crippen molar-refractivity contribution in [2.24, 2.45) is 0 Å². The van der Waals surface area contributed by atoms with Crippen molar-refractivity contribution in [3.63, 3.8) is 0 Å². The van der Waals surface area contributed by atoms with Crippen LogP contribution in [0, 0.1) is 0 Å². The number of aromatic nitrogens is 2. The minimum Gasteiger partial charge on any atom is -0.493 e. The van der Waals surface area contributed by atoms with E-state index in [4.69, 9.17) is 14.2 Å². The van der Waals surface area contributed by atoms with Gasteiger partial charge in [0.2, 0.25) is 0 Å². The predicted octanol–water partition coefficient (Wildman–Crippen LogP) is 3.12. The average Bonchev–Trinajstić information content (AvgIpc) is 3.00. The maximum atomic E-state index is 12.1. The minimum atomic E-state index is -0.283. The number of nitrogens with zero attached hydrogens (tertiary/aromatic N) is 2. The number of esters is 1. The third kappa shape index (κ3) is 3.28. The lowest BCUT2D eigenvalue weighted by molar-refractivity contribution is -0.142. The first-order valence-corrected chi connectivity index (χ1v) is 8.02. The molecule has 0 saturated carbocycles. The summed E-state index contributed by atoms with van der Waals surface area (Å²) in [6, 6.07) is 11.3. The monoisotopic (exact) mass is 340 g/mol. The van der Waals surface area contributed by atoms with Crippen LogP contribution in [0.4, 0.5) is 0 Å². The van der Waals surface area contributed by atoms with Gasteiger partial charge in [-0.25, -0.2) is 4.98 Å². The highest BCUT2D eigenvalue weighted by molar-refractivity contribution is 5.78. The van der Waals surface area contributed by atoms with Gasteiger partial charge in [0.05, 0.1) is 38.6 Å². The maximum absolute atomic E-state index is 12.1. The Morgan fingerprint density at radius 1 is 1.12 bits per heavy atom. The smallest absolute Gasteiger partial charge is 0.311 e. The lowest BCUT2D eigenvalue weighted by atomic mass is 10.1. The maximum Gasteiger partial charge on any atom is 0.311 e. The van der Waals surface area contributed by atoms with E-state index in [1.54, 1.807) is 21.1 Å². The molecule has 0 unspecified atom stereocenters. The molecule has 1 aromatic carbocycles. The molecule has 0 saturated heterocycles. The van der Waals surface area contributed by atoms with Gasteiger partial charge in [-0.3, -0.25) is 4.79 Å². The van der Waals surface area contributed by atoms with Crippen molar-refractivity contribution in [2.75, 3.05) is 20.8 Å². The summed E-state index contributed by atoms with van der Waals surface area (Å²) in [6.07, 6.45) is 2.03. The number of carbonyl (C=O) groups excluding carboxylic acids is 1. The Morgan fingerprint density at radius 3 is 2.64 bits per heavy atom. The predicted molar refractivity (Wildman–Crippen MR) is 94.1 cm³/mol. The van der Waals surface area contributed by atoms with Gasteiger partial charge in [-0.15, -0.1) is 0 Å². The summed E-state index contributed by atoms with van der Waals surface area (Å²) in [5, 5.41) is 0. The number of hydrogen-bond donors (Lipinski definition) is 0. The fourth-order valence-corrected chi connectivity index (χ4v) is 2.78. The van der Waals surface area contributed by atoms with Crippen molar-refractivity contribution in [1.29, 1.82) is 0 Å². The molecule has 0 aliphatic carbocycles. The molecule has 0 spiro atoms. The van der Waals surface area contributed by atoms with Gasteiger partial charge in [0, 0.05) is 11.8 Å². The number of imidazole rings is 1. The number of fused-ring (bicyclic) bond motifs is 1. The van der Waals surface area contributed by atoms with E-state index in [0.29, 0.717) is 18.1 Å². The van der Waals surface area contributed by atoms with E-state index in [9.17, 15) is 4.79 Å². The SMILES string of the molecule is CCOC(=O)Cc1c(-c2ccc(OC)c(OC)c2)nc2ccccn12. The van der Waals surface area contributed by atoms with Gasteiger partial charge in [0.25, 0.3) is 0 Å². The Balaban J connectivity index is 2.13. The molecule has 0 atom stereocenters. The van der Waals surface area contributed by atoms with Gasteiger partial charge in [0.15, 0.2) is 11.5 Å². The summed E-state index contributed by atoms with van der Waals surface area (Å²) in [5.74, 6) is 0.968. The first kappa shape index (κ1) is 16.8. The molecule has 0 aliphatic heterocycles. The second-order valence-electron chi connectivity index (χ2n) is 5.39. The van der Waals surface area contributed by atoms with Crippen molar-refractivity contribution in [2.45, 2.75) is 13.3 Å². The first-order valence-electron chi connectivity index (χ1n) is 8.02. The van der Waals surface area contributed by atoms with Crippen molar-refractivity contribution in [3.05, 3.63) is 48.3 Å². The lowest BCUT2D eigenvalue weighted by Crippen LogP contribution is -2.10. The van der Waals surface area contributed by atoms with Crippen molar-refractivity contribution in [1.82, 2.24) is 9.38 Å². The number of ether oxygens (including phenoxy) is 3. The summed E-state index contributed by atoms with van der Waals surface area (Å²) >= 11 is 0. The fourth-order valence-electron chi connectivity index (χ4n) is 2.78. The molecule has 3 rings (SSSR count). The molecule has 2 heterocycles. The Hall–Kier alpha value is -3.02. The number of rotatable bonds is 6. The van der Waals surface area contributed by atoms with Gasteiger partial charge >= 0.3 is 5.97 Å². The second-order valence-corrected chi connectivity index (χ2v) is 5.39. The van der Waals surface area contributed by atoms with Gasteiger partial charge < -0.3 is 18.6 Å². The quantitative estimate of drug-likeness (QED) is 0.645. The van der Waals surface area contributed by atoms with E-state index in [2.05, 4.69) is 4.98 Å². The first-order chi connectivity index (χ1) is 12.2. The van der Waals surface area contributed by atoms with E-state index < -0.39 is 0 Å². The van der Waals surface area contributed by atoms with Crippen LogP contribution in [-0.2, 0) is 16.0 Å². The number of carbonyl (C=O) groups is 1. The van der Waals surface area contributed by atoms with Crippen LogP contribution in [0.5, 0.6) is 11.5 Å². The van der Waals surface area contributed by atoms with Crippen LogP contribution < -0.4 is 9.47 Å². The molecule has 2 aromatic heterocycles. The van der Waals surface area contributed by atoms with Crippen LogP contribution in [-0.4, -0.2) is 36.2 Å². The summed E-state index contributed by atoms with van der Waals surface area (Å²) in [4.78, 5) is 16.7. The molecular formula is C19H20N2O4. The van der Waals surface area contributed by atoms with Crippen molar-refractivity contribution >= 4 is 11.6 Å². The largest absolute Gasteiger partial charge is 0.493 e. The zero-order chi connectivity index (χ0) is 17.8. The molecule has 0 fully saturated rings. The molecule has 25 heavy (non-hydrogen) atoms. The Labute approximate surface area is 146 Å². The van der Waals surface area contributed by atoms with Gasteiger partial charge in [0.1, 0.15) is 5.65 Å². The van der Waals surface area contributed by atoms with Crippen LogP contribution >= 0.6 is 0 Å². The Kier molecular flexibility index (Phi) is 4.88. The molecule has 0 amide bonds. The second kappa shape index (κ2) is 7.25. The normalized spacial score (nSPS) is 10.7. The van der Waals surface area contributed by atoms with E-state index >= 15 is 0 Å². The third-order valence-corrected chi connectivity index (χ3v) is 3.90. The molecule has 0 radical (unpaired) electrons. The zero-order valence-corrected chi connectivity index (χ0v) is 14.5. The molecule has 0 bridgehead atoms. The molecule has 6 nitrogen and oxygen atoms in total. The highest BCUT2D eigenvalue weighted by atomic mass is 16.5. The molecular weight excluding hydrogens is 320 g/mol. The van der Waals surface area contributed by atoms with Crippen molar-refractivity contribution in [3.8, 4) is 22.8 Å². The Bertz CT molecular complexity index is 902. The van der Waals surface area contributed by atoms with Gasteiger partial charge in [-0.2, -0.15) is 0 Å². The zero-order valence-electron chi connectivity index (χ0n) is 14.5. The van der Waals surface area contributed by atoms with Gasteiger partial charge in [-0.1, -0.05) is 6.07 Å². The van der Waals surface area contributed by atoms with E-state index in [1.807, 2.05) is 47.0 Å². The average molecular weight is 340 g/mol. The topological polar surface area (TPSA) is 62.1 Å². The van der Waals surface area contributed by atoms with Gasteiger partial charge in [-0.05, 0) is 37.3 Å². The summed E-state index contributed by atoms with van der Waals surface area (Å²) in [6.45, 7) is 2.14. The minimum absolute atomic E-state index is 0.142. The molecule has 3 aromatic rings. The highest BCUT2D eigenvalue weighted by Crippen LogP contribution is 2.33. The van der Waals surface area contributed by atoms with Crippen LogP contribution in [0.3, 0.4) is 0 Å². The van der Waals surface area contributed by atoms with Crippen LogP contribution in [0.25, 0.3) is 16.9 Å². The summed E-state index contributed by atoms with van der Waals surface area (Å²) in [5.41, 5.74) is 3.12. The summed E-state index contributed by atoms with van der Waals surface area (Å²) in [7, 11) is 3.18. The number of benzene rings is 1. The Morgan fingerprint density at radius 2 is 1.92 bits per heavy atom. The van der Waals surface area contributed by atoms with Crippen LogP contribution in [0.15, 0.2) is 42.6 Å². The number of methoxy groups -OCH3 is 2. The highest BCUT2D eigenvalue weighted by Gasteiger charge is 2.18. The van der Waals surface area contributed by atoms with Crippen LogP contribution in [0.1, 0.15) is 12.6 Å². The standard InChI is InChI=1S/C19H20N2O4/c1-4-25-18(22)12-14-19(20-17-7-5-6-10-21(14)17)13-8-9-15(23-2)16(11-13)24-3/h5-11H,4,12H2,1-3H3. The molecule has 130 valence electrons. The third-order valence-electron chi connectivity index (χ3n) is 3.90. The fraction of sp³-hybridized carbons (Fsp3) is 0.263. The van der Waals surface area contributed by atoms with E-state index in [0.717, 1.165) is 22.6 Å². The molecule has 0 aliphatic rings. The van der Waals surface area contributed by atoms with Crippen LogP contribution in [0.2, 0.25) is 0 Å². The van der Waals surface area contributed by atoms with E-state index in [1.165, 1.54) is 0 Å². The number of hydrogen-bond acceptors (Lipinski definition) is 5. The molecule has 0 N–H and O–H groups in total. The molecule has 6 heteroatoms. The van der Waals surface area contributed by atoms with E-state index in [-0.39, 0.29) is 12.4 Å². The number of pyridine rings is 1. The summed E-state index contributed by atoms with van der Waals surface area (Å²) < 4.78 is 17.7.